The van der Waals surface area contributed by atoms with E-state index in [1.165, 1.54) is 12.8 Å². The highest BCUT2D eigenvalue weighted by Crippen LogP contribution is 2.40. The summed E-state index contributed by atoms with van der Waals surface area (Å²) in [5.41, 5.74) is 0. The topological polar surface area (TPSA) is 43.4 Å². The summed E-state index contributed by atoms with van der Waals surface area (Å²) in [6.45, 7) is 4.85. The van der Waals surface area contributed by atoms with Crippen LogP contribution in [0.5, 0.6) is 0 Å². The Morgan fingerprint density at radius 1 is 1.33 bits per heavy atom. The standard InChI is InChI=1S/C7H13BIOP.2CH2O/c8-6-3-5(1-2-10-11)7(9)4-6;2*1-2/h5-7H,1-4,11H2;2*1H2. The number of hydrogen-bond acceptors (Lipinski definition) is 3. The Morgan fingerprint density at radius 2 is 1.87 bits per heavy atom. The first kappa shape index (κ1) is 17.9. The Morgan fingerprint density at radius 3 is 2.20 bits per heavy atom. The quantitative estimate of drug-likeness (QED) is 0.341. The van der Waals surface area contributed by atoms with Crippen molar-refractivity contribution in [1.29, 1.82) is 0 Å². The number of alkyl halides is 1. The van der Waals surface area contributed by atoms with E-state index in [1.54, 1.807) is 0 Å². The van der Waals surface area contributed by atoms with Crippen molar-refractivity contribution in [3.8, 4) is 0 Å². The molecular weight excluding hydrogens is 325 g/mol. The Kier molecular flexibility index (Phi) is 15.0. The van der Waals surface area contributed by atoms with Crippen LogP contribution in [-0.2, 0) is 14.1 Å². The minimum atomic E-state index is 0.436. The van der Waals surface area contributed by atoms with Crippen LogP contribution in [0.25, 0.3) is 0 Å². The van der Waals surface area contributed by atoms with Crippen LogP contribution in [-0.4, -0.2) is 32.0 Å². The maximum absolute atomic E-state index is 8.00. The second-order valence-electron chi connectivity index (χ2n) is 3.17. The van der Waals surface area contributed by atoms with Gasteiger partial charge in [0, 0.05) is 13.4 Å². The molecule has 1 aliphatic rings. The maximum Gasteiger partial charge on any atom is 0.106 e. The third-order valence-corrected chi connectivity index (χ3v) is 4.01. The molecule has 4 atom stereocenters. The summed E-state index contributed by atoms with van der Waals surface area (Å²) in [5.74, 6) is 1.22. The zero-order valence-electron chi connectivity index (χ0n) is 8.73. The zero-order valence-corrected chi connectivity index (χ0v) is 12.0. The number of halogens is 1. The van der Waals surface area contributed by atoms with Crippen molar-refractivity contribution in [1.82, 2.24) is 0 Å². The van der Waals surface area contributed by atoms with E-state index in [0.717, 1.165) is 22.9 Å². The molecule has 3 nitrogen and oxygen atoms in total. The average Bonchev–Trinajstić information content (AvgIpc) is 2.60. The first-order valence-electron chi connectivity index (χ1n) is 4.53. The van der Waals surface area contributed by atoms with E-state index in [9.17, 15) is 0 Å². The van der Waals surface area contributed by atoms with Gasteiger partial charge < -0.3 is 14.1 Å². The molecule has 0 aliphatic heterocycles. The number of rotatable bonds is 3. The van der Waals surface area contributed by atoms with Gasteiger partial charge in [-0.15, -0.1) is 0 Å². The van der Waals surface area contributed by atoms with Crippen molar-refractivity contribution in [2.45, 2.75) is 29.0 Å². The molecule has 0 N–H and O–H groups in total. The molecule has 2 radical (unpaired) electrons. The Balaban J connectivity index is 0. The molecule has 86 valence electrons. The second kappa shape index (κ2) is 12.6. The predicted octanol–water partition coefficient (Wildman–Crippen LogP) is 1.98. The third kappa shape index (κ3) is 8.34. The van der Waals surface area contributed by atoms with E-state index in [-0.39, 0.29) is 0 Å². The monoisotopic (exact) mass is 342 g/mol. The van der Waals surface area contributed by atoms with Gasteiger partial charge in [-0.2, -0.15) is 0 Å². The maximum atomic E-state index is 8.00. The summed E-state index contributed by atoms with van der Waals surface area (Å²) < 4.78 is 5.73. The minimum Gasteiger partial charge on any atom is -0.366 e. The highest BCUT2D eigenvalue weighted by atomic mass is 127. The number of carbonyl (C=O) groups is 2. The van der Waals surface area contributed by atoms with Crippen LogP contribution in [0.1, 0.15) is 19.3 Å². The van der Waals surface area contributed by atoms with Crippen LogP contribution in [0.15, 0.2) is 0 Å². The molecule has 1 fully saturated rings. The smallest absolute Gasteiger partial charge is 0.106 e. The van der Waals surface area contributed by atoms with E-state index in [0.29, 0.717) is 5.82 Å². The highest BCUT2D eigenvalue weighted by Gasteiger charge is 2.28. The van der Waals surface area contributed by atoms with Crippen LogP contribution in [0.3, 0.4) is 0 Å². The summed E-state index contributed by atoms with van der Waals surface area (Å²) >= 11 is 2.51. The molecule has 6 heteroatoms. The van der Waals surface area contributed by atoms with E-state index < -0.39 is 0 Å². The molecule has 1 aliphatic carbocycles. The Labute approximate surface area is 109 Å². The van der Waals surface area contributed by atoms with Gasteiger partial charge in [-0.05, 0) is 18.8 Å². The van der Waals surface area contributed by atoms with Gasteiger partial charge in [0.05, 0.1) is 14.5 Å². The van der Waals surface area contributed by atoms with Gasteiger partial charge in [0.2, 0.25) is 0 Å². The van der Waals surface area contributed by atoms with Crippen LogP contribution in [0.4, 0.5) is 0 Å². The molecule has 0 amide bonds. The van der Waals surface area contributed by atoms with E-state index in [2.05, 4.69) is 32.1 Å². The molecular formula is C9H17BIO3P. The lowest BCUT2D eigenvalue weighted by atomic mass is 9.85. The summed E-state index contributed by atoms with van der Waals surface area (Å²) in [7, 11) is 8.13. The van der Waals surface area contributed by atoms with Gasteiger partial charge in [-0.3, -0.25) is 0 Å². The lowest BCUT2D eigenvalue weighted by molar-refractivity contribution is -0.0987. The predicted molar refractivity (Wildman–Crippen MR) is 74.6 cm³/mol. The number of carbonyl (C=O) groups excluding carboxylic acids is 2. The average molecular weight is 342 g/mol. The van der Waals surface area contributed by atoms with E-state index >= 15 is 0 Å². The summed E-state index contributed by atoms with van der Waals surface area (Å²) in [5, 5.41) is 0. The second-order valence-corrected chi connectivity index (χ2v) is 5.10. The molecule has 4 unspecified atom stereocenters. The minimum absolute atomic E-state index is 0.436. The van der Waals surface area contributed by atoms with Gasteiger partial charge >= 0.3 is 0 Å². The van der Waals surface area contributed by atoms with Crippen molar-refractivity contribution < 1.29 is 14.1 Å². The molecule has 0 saturated heterocycles. The molecule has 0 spiro atoms. The van der Waals surface area contributed by atoms with Gasteiger partial charge in [0.1, 0.15) is 13.6 Å². The Bertz CT molecular complexity index is 151. The molecule has 1 saturated carbocycles. The summed E-state index contributed by atoms with van der Waals surface area (Å²) in [6.07, 6.45) is 3.52. The van der Waals surface area contributed by atoms with Gasteiger partial charge in [0.25, 0.3) is 0 Å². The van der Waals surface area contributed by atoms with Crippen molar-refractivity contribution in [2.24, 2.45) is 5.92 Å². The lowest BCUT2D eigenvalue weighted by Crippen LogP contribution is -2.07. The molecule has 0 aromatic carbocycles. The van der Waals surface area contributed by atoms with Crippen molar-refractivity contribution >= 4 is 53.5 Å². The molecule has 0 aromatic heterocycles. The normalized spacial score (nSPS) is 28.3. The largest absolute Gasteiger partial charge is 0.366 e. The fourth-order valence-electron chi connectivity index (χ4n) is 1.63. The first-order chi connectivity index (χ1) is 7.24. The van der Waals surface area contributed by atoms with Crippen molar-refractivity contribution in [2.75, 3.05) is 6.61 Å². The molecule has 0 bridgehead atoms. The SMILES string of the molecule is C=O.C=O.[B]C1CC(I)C(CCOP)C1. The first-order valence-corrected chi connectivity index (χ1v) is 6.24. The van der Waals surface area contributed by atoms with Crippen LogP contribution >= 0.6 is 32.1 Å². The molecule has 1 rings (SSSR count). The van der Waals surface area contributed by atoms with Gasteiger partial charge in [-0.25, -0.2) is 0 Å². The van der Waals surface area contributed by atoms with Crippen molar-refractivity contribution in [3.05, 3.63) is 0 Å². The van der Waals surface area contributed by atoms with Gasteiger partial charge in [-0.1, -0.05) is 34.8 Å². The molecule has 15 heavy (non-hydrogen) atoms. The fourth-order valence-corrected chi connectivity index (χ4v) is 3.07. The van der Waals surface area contributed by atoms with Crippen LogP contribution in [0, 0.1) is 5.92 Å². The van der Waals surface area contributed by atoms with Crippen LogP contribution in [0.2, 0.25) is 5.82 Å². The lowest BCUT2D eigenvalue weighted by Gasteiger charge is -2.12. The third-order valence-electron chi connectivity index (χ3n) is 2.25. The highest BCUT2D eigenvalue weighted by molar-refractivity contribution is 14.1. The van der Waals surface area contributed by atoms with E-state index in [1.807, 2.05) is 13.6 Å². The fraction of sp³-hybridized carbons (Fsp3) is 0.778. The molecule has 0 aromatic rings. The van der Waals surface area contributed by atoms with Crippen molar-refractivity contribution in [3.63, 3.8) is 0 Å². The summed E-state index contributed by atoms with van der Waals surface area (Å²) in [6, 6.07) is 0. The summed E-state index contributed by atoms with van der Waals surface area (Å²) in [4.78, 5) is 16.0. The zero-order chi connectivity index (χ0) is 12.3. The van der Waals surface area contributed by atoms with E-state index in [4.69, 9.17) is 22.0 Å². The Hall–Kier alpha value is 0.525. The van der Waals surface area contributed by atoms with Gasteiger partial charge in [0.15, 0.2) is 0 Å². The number of hydrogen-bond donors (Lipinski definition) is 0. The molecule has 0 heterocycles. The van der Waals surface area contributed by atoms with Crippen LogP contribution < -0.4 is 0 Å².